The molecule has 0 spiro atoms. The van der Waals surface area contributed by atoms with E-state index in [0.29, 0.717) is 29.7 Å². The average molecular weight is 474 g/mol. The first-order valence-corrected chi connectivity index (χ1v) is 12.0. The first kappa shape index (κ1) is 23.5. The number of anilines is 1. The Kier molecular flexibility index (Phi) is 10.7. The molecule has 1 unspecified atom stereocenters. The van der Waals surface area contributed by atoms with Crippen molar-refractivity contribution in [1.82, 2.24) is 5.32 Å². The number of nitrogen functional groups attached to an aromatic ring is 1. The fraction of sp³-hybridized carbons (Fsp3) is 0.682. The van der Waals surface area contributed by atoms with Crippen molar-refractivity contribution < 1.29 is 9.53 Å². The number of ether oxygens (including phenoxy) is 1. The molecule has 0 aromatic heterocycles. The molecule has 6 heteroatoms. The third kappa shape index (κ3) is 6.93. The molecule has 1 aliphatic carbocycles. The number of halogens is 2. The second kappa shape index (κ2) is 12.7. The van der Waals surface area contributed by atoms with Crippen LogP contribution < -0.4 is 11.1 Å². The quantitative estimate of drug-likeness (QED) is 0.139. The normalized spacial score (nSPS) is 16.5. The van der Waals surface area contributed by atoms with E-state index in [2.05, 4.69) is 28.2 Å². The van der Waals surface area contributed by atoms with Crippen LogP contribution in [0.25, 0.3) is 0 Å². The molecule has 4 nitrogen and oxygen atoms in total. The number of nitrogens with one attached hydrogen (secondary N) is 1. The molecule has 1 saturated carbocycles. The van der Waals surface area contributed by atoms with E-state index >= 15 is 0 Å². The van der Waals surface area contributed by atoms with Crippen LogP contribution in [-0.4, -0.2) is 25.0 Å². The first-order valence-electron chi connectivity index (χ1n) is 10.6. The smallest absolute Gasteiger partial charge is 0.338 e. The monoisotopic (exact) mass is 472 g/mol. The van der Waals surface area contributed by atoms with Gasteiger partial charge in [-0.3, -0.25) is 0 Å². The highest BCUT2D eigenvalue weighted by molar-refractivity contribution is 9.10. The number of rotatable bonds is 10. The van der Waals surface area contributed by atoms with Crippen LogP contribution in [-0.2, 0) is 4.74 Å². The SMILES string of the molecule is CCNC(c1cc(C(=O)OCCCCCCl)cc(Br)c1N)C1CCCCCC1. The third-order valence-electron chi connectivity index (χ3n) is 5.54. The summed E-state index contributed by atoms with van der Waals surface area (Å²) in [5.41, 5.74) is 8.72. The molecule has 0 saturated heterocycles. The van der Waals surface area contributed by atoms with Gasteiger partial charge in [0.1, 0.15) is 0 Å². The lowest BCUT2D eigenvalue weighted by atomic mass is 9.85. The van der Waals surface area contributed by atoms with Gasteiger partial charge in [0.05, 0.1) is 17.9 Å². The van der Waals surface area contributed by atoms with Crippen molar-refractivity contribution in [3.63, 3.8) is 0 Å². The summed E-state index contributed by atoms with van der Waals surface area (Å²) >= 11 is 9.24. The van der Waals surface area contributed by atoms with Crippen LogP contribution in [0.2, 0.25) is 0 Å². The molecule has 1 atom stereocenters. The summed E-state index contributed by atoms with van der Waals surface area (Å²) in [6.45, 7) is 3.41. The van der Waals surface area contributed by atoms with E-state index in [0.717, 1.165) is 35.8 Å². The molecule has 1 aromatic rings. The molecule has 0 bridgehead atoms. The number of hydrogen-bond acceptors (Lipinski definition) is 4. The number of alkyl halides is 1. The highest BCUT2D eigenvalue weighted by Crippen LogP contribution is 2.38. The van der Waals surface area contributed by atoms with Gasteiger partial charge in [0.2, 0.25) is 0 Å². The molecular weight excluding hydrogens is 440 g/mol. The van der Waals surface area contributed by atoms with Gasteiger partial charge < -0.3 is 15.8 Å². The maximum absolute atomic E-state index is 12.6. The number of carbonyl (C=O) groups is 1. The van der Waals surface area contributed by atoms with Gasteiger partial charge in [-0.05, 0) is 78.2 Å². The van der Waals surface area contributed by atoms with Gasteiger partial charge in [-0.15, -0.1) is 11.6 Å². The third-order valence-corrected chi connectivity index (χ3v) is 6.46. The summed E-state index contributed by atoms with van der Waals surface area (Å²) in [7, 11) is 0. The maximum atomic E-state index is 12.6. The minimum Gasteiger partial charge on any atom is -0.462 e. The Balaban J connectivity index is 2.18. The predicted molar refractivity (Wildman–Crippen MR) is 121 cm³/mol. The van der Waals surface area contributed by atoms with Crippen molar-refractivity contribution >= 4 is 39.2 Å². The van der Waals surface area contributed by atoms with E-state index in [-0.39, 0.29) is 12.0 Å². The average Bonchev–Trinajstić information content (AvgIpc) is 2.97. The van der Waals surface area contributed by atoms with Crippen LogP contribution in [0, 0.1) is 5.92 Å². The Morgan fingerprint density at radius 3 is 2.61 bits per heavy atom. The van der Waals surface area contributed by atoms with Crippen molar-refractivity contribution in [3.8, 4) is 0 Å². The largest absolute Gasteiger partial charge is 0.462 e. The van der Waals surface area contributed by atoms with Crippen LogP contribution in [0.15, 0.2) is 16.6 Å². The van der Waals surface area contributed by atoms with Gasteiger partial charge in [0.25, 0.3) is 0 Å². The summed E-state index contributed by atoms with van der Waals surface area (Å²) in [6, 6.07) is 3.87. The second-order valence-corrected chi connectivity index (χ2v) is 8.87. The van der Waals surface area contributed by atoms with Crippen molar-refractivity contribution in [2.45, 2.75) is 70.8 Å². The van der Waals surface area contributed by atoms with E-state index in [1.54, 1.807) is 6.07 Å². The minimum atomic E-state index is -0.288. The molecule has 28 heavy (non-hydrogen) atoms. The van der Waals surface area contributed by atoms with Crippen LogP contribution >= 0.6 is 27.5 Å². The molecule has 0 amide bonds. The Bertz CT molecular complexity index is 619. The molecule has 1 fully saturated rings. The Hall–Kier alpha value is -0.780. The maximum Gasteiger partial charge on any atom is 0.338 e. The Labute approximate surface area is 183 Å². The highest BCUT2D eigenvalue weighted by atomic mass is 79.9. The highest BCUT2D eigenvalue weighted by Gasteiger charge is 2.27. The van der Waals surface area contributed by atoms with Crippen molar-refractivity contribution in [3.05, 3.63) is 27.7 Å². The van der Waals surface area contributed by atoms with E-state index in [4.69, 9.17) is 22.1 Å². The number of hydrogen-bond donors (Lipinski definition) is 2. The van der Waals surface area contributed by atoms with Gasteiger partial charge in [-0.25, -0.2) is 4.79 Å². The fourth-order valence-electron chi connectivity index (χ4n) is 4.03. The molecular formula is C22H34BrClN2O2. The van der Waals surface area contributed by atoms with Gasteiger partial charge in [-0.2, -0.15) is 0 Å². The number of nitrogens with two attached hydrogens (primary N) is 1. The van der Waals surface area contributed by atoms with E-state index in [1.807, 2.05) is 6.07 Å². The standard InChI is InChI=1S/C22H34BrClN2O2/c1-2-26-21(16-10-6-3-4-7-11-16)18-14-17(15-19(23)20(18)25)22(27)28-13-9-5-8-12-24/h14-16,21,26H,2-13,25H2,1H3. The molecule has 0 radical (unpaired) electrons. The van der Waals surface area contributed by atoms with Crippen LogP contribution in [0.4, 0.5) is 5.69 Å². The Morgan fingerprint density at radius 2 is 1.96 bits per heavy atom. The fourth-order valence-corrected chi connectivity index (χ4v) is 4.70. The zero-order valence-electron chi connectivity index (χ0n) is 16.9. The van der Waals surface area contributed by atoms with Gasteiger partial charge in [0.15, 0.2) is 0 Å². The zero-order chi connectivity index (χ0) is 20.4. The molecule has 158 valence electrons. The summed E-state index contributed by atoms with van der Waals surface area (Å²) in [5, 5.41) is 3.63. The first-order chi connectivity index (χ1) is 13.6. The predicted octanol–water partition coefficient (Wildman–Crippen LogP) is 6.22. The van der Waals surface area contributed by atoms with E-state index < -0.39 is 0 Å². The Morgan fingerprint density at radius 1 is 1.25 bits per heavy atom. The number of carbonyl (C=O) groups excluding carboxylic acids is 1. The van der Waals surface area contributed by atoms with Crippen molar-refractivity contribution in [1.29, 1.82) is 0 Å². The van der Waals surface area contributed by atoms with E-state index in [1.165, 1.54) is 38.5 Å². The number of unbranched alkanes of at least 4 members (excludes halogenated alkanes) is 2. The van der Waals surface area contributed by atoms with Gasteiger partial charge in [-0.1, -0.05) is 32.6 Å². The summed E-state index contributed by atoms with van der Waals surface area (Å²) in [5.74, 6) is 0.900. The zero-order valence-corrected chi connectivity index (χ0v) is 19.3. The van der Waals surface area contributed by atoms with Gasteiger partial charge in [0, 0.05) is 16.4 Å². The number of benzene rings is 1. The number of esters is 1. The summed E-state index contributed by atoms with van der Waals surface area (Å²) in [4.78, 5) is 12.6. The van der Waals surface area contributed by atoms with Crippen LogP contribution in [0.1, 0.15) is 86.7 Å². The van der Waals surface area contributed by atoms with Gasteiger partial charge >= 0.3 is 5.97 Å². The summed E-state index contributed by atoms with van der Waals surface area (Å²) in [6.07, 6.45) is 10.3. The minimum absolute atomic E-state index is 0.163. The topological polar surface area (TPSA) is 64.3 Å². The molecule has 3 N–H and O–H groups in total. The molecule has 1 aliphatic rings. The van der Waals surface area contributed by atoms with Crippen LogP contribution in [0.3, 0.4) is 0 Å². The van der Waals surface area contributed by atoms with E-state index in [9.17, 15) is 4.79 Å². The summed E-state index contributed by atoms with van der Waals surface area (Å²) < 4.78 is 6.23. The van der Waals surface area contributed by atoms with Crippen molar-refractivity contribution in [2.24, 2.45) is 5.92 Å². The van der Waals surface area contributed by atoms with Crippen molar-refractivity contribution in [2.75, 3.05) is 24.8 Å². The molecule has 1 aromatic carbocycles. The lowest BCUT2D eigenvalue weighted by Crippen LogP contribution is -2.29. The lowest BCUT2D eigenvalue weighted by molar-refractivity contribution is 0.0498. The van der Waals surface area contributed by atoms with Crippen LogP contribution in [0.5, 0.6) is 0 Å². The lowest BCUT2D eigenvalue weighted by Gasteiger charge is -2.29. The molecule has 0 aliphatic heterocycles. The molecule has 0 heterocycles. The second-order valence-electron chi connectivity index (χ2n) is 7.63. The molecule has 2 rings (SSSR count).